The number of fused-ring (bicyclic) bond motifs is 1. The monoisotopic (exact) mass is 333 g/mol. The van der Waals surface area contributed by atoms with E-state index < -0.39 is 6.10 Å². The predicted molar refractivity (Wildman–Crippen MR) is 94.0 cm³/mol. The molecule has 2 rings (SSSR count). The number of hydrogen-bond donors (Lipinski definition) is 2. The van der Waals surface area contributed by atoms with Crippen molar-refractivity contribution in [2.75, 3.05) is 18.0 Å². The van der Waals surface area contributed by atoms with Crippen LogP contribution < -0.4 is 20.7 Å². The molecular weight excluding hydrogens is 306 g/mol. The van der Waals surface area contributed by atoms with Crippen LogP contribution in [-0.4, -0.2) is 31.0 Å². The van der Waals surface area contributed by atoms with Gasteiger partial charge in [-0.25, -0.2) is 0 Å². The molecule has 0 fully saturated rings. The van der Waals surface area contributed by atoms with Crippen LogP contribution in [0, 0.1) is 0 Å². The van der Waals surface area contributed by atoms with E-state index in [4.69, 9.17) is 10.5 Å². The highest BCUT2D eigenvalue weighted by Crippen LogP contribution is 2.36. The second kappa shape index (κ2) is 8.15. The molecule has 132 valence electrons. The molecule has 0 saturated carbocycles. The number of ether oxygens (including phenoxy) is 1. The topological polar surface area (TPSA) is 84.7 Å². The van der Waals surface area contributed by atoms with Crippen molar-refractivity contribution in [2.24, 2.45) is 5.73 Å². The lowest BCUT2D eigenvalue weighted by molar-refractivity contribution is -0.129. The number of carbonyl (C=O) groups excluding carboxylic acids is 2. The molecule has 2 atom stereocenters. The smallest absolute Gasteiger partial charge is 0.268 e. The summed E-state index contributed by atoms with van der Waals surface area (Å²) in [6, 6.07) is 5.40. The average molecular weight is 333 g/mol. The van der Waals surface area contributed by atoms with Crippen molar-refractivity contribution in [1.29, 1.82) is 0 Å². The van der Waals surface area contributed by atoms with Crippen molar-refractivity contribution in [2.45, 2.75) is 52.2 Å². The summed E-state index contributed by atoms with van der Waals surface area (Å²) in [5, 5.41) is 2.85. The second-order valence-electron chi connectivity index (χ2n) is 6.16. The zero-order valence-corrected chi connectivity index (χ0v) is 14.7. The zero-order chi connectivity index (χ0) is 17.7. The maximum Gasteiger partial charge on any atom is 0.268 e. The molecule has 6 nitrogen and oxygen atoms in total. The van der Waals surface area contributed by atoms with Crippen LogP contribution in [0.4, 0.5) is 5.69 Å². The van der Waals surface area contributed by atoms with Crippen LogP contribution in [0.3, 0.4) is 0 Å². The number of nitrogens with one attached hydrogen (secondary N) is 1. The number of rotatable bonds is 7. The fraction of sp³-hybridized carbons (Fsp3) is 0.556. The van der Waals surface area contributed by atoms with Crippen molar-refractivity contribution < 1.29 is 14.3 Å². The molecular formula is C18H27N3O3. The predicted octanol–water partition coefficient (Wildman–Crippen LogP) is 2.13. The molecule has 2 unspecified atom stereocenters. The molecule has 6 heteroatoms. The van der Waals surface area contributed by atoms with Crippen molar-refractivity contribution in [3.63, 3.8) is 0 Å². The summed E-state index contributed by atoms with van der Waals surface area (Å²) >= 11 is 0. The van der Waals surface area contributed by atoms with Gasteiger partial charge in [-0.1, -0.05) is 26.3 Å². The highest BCUT2D eigenvalue weighted by Gasteiger charge is 2.34. The fourth-order valence-corrected chi connectivity index (χ4v) is 2.65. The number of anilines is 1. The number of nitrogens with zero attached hydrogens (tertiary/aromatic N) is 1. The third kappa shape index (κ3) is 4.06. The highest BCUT2D eigenvalue weighted by atomic mass is 16.5. The summed E-state index contributed by atoms with van der Waals surface area (Å²) in [5.41, 5.74) is 7.45. The van der Waals surface area contributed by atoms with Crippen LogP contribution in [0.25, 0.3) is 0 Å². The Kier molecular flexibility index (Phi) is 6.20. The first-order valence-corrected chi connectivity index (χ1v) is 8.62. The molecule has 2 amide bonds. The van der Waals surface area contributed by atoms with Crippen molar-refractivity contribution in [1.82, 2.24) is 5.32 Å². The summed E-state index contributed by atoms with van der Waals surface area (Å²) in [4.78, 5) is 26.4. The SMILES string of the molecule is CCCCNC(=O)CN1C(=O)C(CC)Oc2ccc(C(C)N)cc21. The van der Waals surface area contributed by atoms with Crippen molar-refractivity contribution >= 4 is 17.5 Å². The number of carbonyl (C=O) groups is 2. The Hall–Kier alpha value is -2.08. The minimum atomic E-state index is -0.554. The zero-order valence-electron chi connectivity index (χ0n) is 14.7. The van der Waals surface area contributed by atoms with Gasteiger partial charge >= 0.3 is 0 Å². The van der Waals surface area contributed by atoms with Gasteiger partial charge in [-0.05, 0) is 37.5 Å². The van der Waals surface area contributed by atoms with E-state index >= 15 is 0 Å². The summed E-state index contributed by atoms with van der Waals surface area (Å²) in [6.45, 7) is 6.46. The van der Waals surface area contributed by atoms with E-state index in [2.05, 4.69) is 12.2 Å². The van der Waals surface area contributed by atoms with Gasteiger partial charge in [0.15, 0.2) is 6.10 Å². The van der Waals surface area contributed by atoms with Crippen LogP contribution >= 0.6 is 0 Å². The first-order chi connectivity index (χ1) is 11.5. The molecule has 1 aromatic carbocycles. The second-order valence-corrected chi connectivity index (χ2v) is 6.16. The summed E-state index contributed by atoms with van der Waals surface area (Å²) in [6.07, 6.45) is 1.93. The standard InChI is InChI=1S/C18H27N3O3/c1-4-6-9-20-17(22)11-21-14-10-13(12(3)19)7-8-16(14)24-15(5-2)18(21)23/h7-8,10,12,15H,4-6,9,11,19H2,1-3H3,(H,20,22). The van der Waals surface area contributed by atoms with E-state index in [1.807, 2.05) is 32.0 Å². The number of nitrogens with two attached hydrogens (primary N) is 1. The molecule has 0 bridgehead atoms. The lowest BCUT2D eigenvalue weighted by atomic mass is 10.0. The maximum atomic E-state index is 12.7. The Morgan fingerprint density at radius 2 is 2.17 bits per heavy atom. The van der Waals surface area contributed by atoms with Crippen molar-refractivity contribution in [3.05, 3.63) is 23.8 Å². The van der Waals surface area contributed by atoms with Gasteiger partial charge in [0.05, 0.1) is 5.69 Å². The van der Waals surface area contributed by atoms with Gasteiger partial charge in [0.1, 0.15) is 12.3 Å². The van der Waals surface area contributed by atoms with Crippen LogP contribution in [0.15, 0.2) is 18.2 Å². The van der Waals surface area contributed by atoms with Crippen LogP contribution in [0.2, 0.25) is 0 Å². The summed E-state index contributed by atoms with van der Waals surface area (Å²) in [5.74, 6) is 0.273. The van der Waals surface area contributed by atoms with Gasteiger partial charge in [-0.2, -0.15) is 0 Å². The van der Waals surface area contributed by atoms with E-state index in [9.17, 15) is 9.59 Å². The number of hydrogen-bond acceptors (Lipinski definition) is 4. The van der Waals surface area contributed by atoms with Gasteiger partial charge in [-0.15, -0.1) is 0 Å². The minimum absolute atomic E-state index is 0.00217. The molecule has 0 saturated heterocycles. The Bertz CT molecular complexity index is 601. The lowest BCUT2D eigenvalue weighted by Gasteiger charge is -2.34. The van der Waals surface area contributed by atoms with Crippen LogP contribution in [-0.2, 0) is 9.59 Å². The van der Waals surface area contributed by atoms with E-state index in [-0.39, 0.29) is 24.4 Å². The molecule has 1 aromatic rings. The Morgan fingerprint density at radius 3 is 2.79 bits per heavy atom. The van der Waals surface area contributed by atoms with Gasteiger partial charge in [0, 0.05) is 12.6 Å². The Balaban J connectivity index is 2.25. The number of benzene rings is 1. The summed E-state index contributed by atoms with van der Waals surface area (Å²) < 4.78 is 5.77. The first-order valence-electron chi connectivity index (χ1n) is 8.62. The van der Waals surface area contributed by atoms with E-state index in [1.165, 1.54) is 4.90 Å². The van der Waals surface area contributed by atoms with E-state index in [1.54, 1.807) is 0 Å². The molecule has 1 heterocycles. The number of unbranched alkanes of at least 4 members (excludes halogenated alkanes) is 1. The van der Waals surface area contributed by atoms with E-state index in [0.29, 0.717) is 24.4 Å². The molecule has 1 aliphatic heterocycles. The molecule has 0 aromatic heterocycles. The molecule has 0 aliphatic carbocycles. The Morgan fingerprint density at radius 1 is 1.42 bits per heavy atom. The normalized spacial score (nSPS) is 17.9. The molecule has 24 heavy (non-hydrogen) atoms. The molecule has 1 aliphatic rings. The first kappa shape index (κ1) is 18.3. The third-order valence-electron chi connectivity index (χ3n) is 4.14. The van der Waals surface area contributed by atoms with E-state index in [0.717, 1.165) is 18.4 Å². The molecule has 0 radical (unpaired) electrons. The minimum Gasteiger partial charge on any atom is -0.478 e. The van der Waals surface area contributed by atoms with Gasteiger partial charge < -0.3 is 15.8 Å². The van der Waals surface area contributed by atoms with Crippen LogP contribution in [0.5, 0.6) is 5.75 Å². The van der Waals surface area contributed by atoms with Gasteiger partial charge in [-0.3, -0.25) is 14.5 Å². The largest absolute Gasteiger partial charge is 0.478 e. The third-order valence-corrected chi connectivity index (χ3v) is 4.14. The van der Waals surface area contributed by atoms with Crippen LogP contribution in [0.1, 0.15) is 51.6 Å². The average Bonchev–Trinajstić information content (AvgIpc) is 2.56. The molecule has 0 spiro atoms. The fourth-order valence-electron chi connectivity index (χ4n) is 2.65. The molecule has 3 N–H and O–H groups in total. The highest BCUT2D eigenvalue weighted by molar-refractivity contribution is 6.03. The van der Waals surface area contributed by atoms with Gasteiger partial charge in [0.2, 0.25) is 5.91 Å². The van der Waals surface area contributed by atoms with Crippen molar-refractivity contribution in [3.8, 4) is 5.75 Å². The quantitative estimate of drug-likeness (QED) is 0.749. The maximum absolute atomic E-state index is 12.7. The lowest BCUT2D eigenvalue weighted by Crippen LogP contribution is -2.49. The summed E-state index contributed by atoms with van der Waals surface area (Å²) in [7, 11) is 0. The Labute approximate surface area is 143 Å². The van der Waals surface area contributed by atoms with Gasteiger partial charge in [0.25, 0.3) is 5.91 Å². The number of amides is 2.